The van der Waals surface area contributed by atoms with Gasteiger partial charge in [-0.1, -0.05) is 24.3 Å². The van der Waals surface area contributed by atoms with Crippen LogP contribution in [0.2, 0.25) is 0 Å². The number of nitrogens with zero attached hydrogens (tertiary/aromatic N) is 4. The molecule has 96 valence electrons. The van der Waals surface area contributed by atoms with E-state index in [2.05, 4.69) is 22.1 Å². The minimum atomic E-state index is 0.837. The SMILES string of the molecule is Cn1c(-c2ccc3ccccc3n2)nc2cccnc21. The Balaban J connectivity index is 1.98. The largest absolute Gasteiger partial charge is 0.311 e. The molecular formula is C16H12N4. The van der Waals surface area contributed by atoms with E-state index in [4.69, 9.17) is 4.98 Å². The van der Waals surface area contributed by atoms with E-state index in [1.54, 1.807) is 6.20 Å². The van der Waals surface area contributed by atoms with Gasteiger partial charge in [0.25, 0.3) is 0 Å². The first-order valence-corrected chi connectivity index (χ1v) is 6.46. The zero-order chi connectivity index (χ0) is 13.5. The number of fused-ring (bicyclic) bond motifs is 2. The fraction of sp³-hybridized carbons (Fsp3) is 0.0625. The van der Waals surface area contributed by atoms with Crippen LogP contribution in [0, 0.1) is 0 Å². The van der Waals surface area contributed by atoms with Gasteiger partial charge in [0.1, 0.15) is 11.2 Å². The third-order valence-electron chi connectivity index (χ3n) is 3.46. The van der Waals surface area contributed by atoms with Crippen LogP contribution in [0.25, 0.3) is 33.6 Å². The zero-order valence-electron chi connectivity index (χ0n) is 11.0. The molecule has 20 heavy (non-hydrogen) atoms. The number of aryl methyl sites for hydroxylation is 1. The van der Waals surface area contributed by atoms with Crippen molar-refractivity contribution < 1.29 is 0 Å². The third-order valence-corrected chi connectivity index (χ3v) is 3.46. The number of hydrogen-bond donors (Lipinski definition) is 0. The van der Waals surface area contributed by atoms with Crippen LogP contribution < -0.4 is 0 Å². The van der Waals surface area contributed by atoms with Crippen LogP contribution in [-0.2, 0) is 7.05 Å². The molecule has 0 saturated carbocycles. The molecule has 0 radical (unpaired) electrons. The normalized spacial score (nSPS) is 11.2. The lowest BCUT2D eigenvalue weighted by atomic mass is 10.2. The summed E-state index contributed by atoms with van der Waals surface area (Å²) in [7, 11) is 1.97. The molecule has 0 aliphatic carbocycles. The first-order valence-electron chi connectivity index (χ1n) is 6.46. The average Bonchev–Trinajstić information content (AvgIpc) is 2.84. The van der Waals surface area contributed by atoms with Crippen LogP contribution in [0.4, 0.5) is 0 Å². The van der Waals surface area contributed by atoms with E-state index in [0.717, 1.165) is 33.6 Å². The lowest BCUT2D eigenvalue weighted by molar-refractivity contribution is 0.936. The van der Waals surface area contributed by atoms with Gasteiger partial charge in [0.15, 0.2) is 11.5 Å². The van der Waals surface area contributed by atoms with Crippen molar-refractivity contribution in [2.75, 3.05) is 0 Å². The van der Waals surface area contributed by atoms with E-state index in [9.17, 15) is 0 Å². The Bertz CT molecular complexity index is 924. The summed E-state index contributed by atoms with van der Waals surface area (Å²) in [6.07, 6.45) is 1.78. The van der Waals surface area contributed by atoms with Crippen molar-refractivity contribution in [2.24, 2.45) is 7.05 Å². The van der Waals surface area contributed by atoms with E-state index in [0.29, 0.717) is 0 Å². The molecule has 3 aromatic heterocycles. The van der Waals surface area contributed by atoms with E-state index in [1.165, 1.54) is 0 Å². The van der Waals surface area contributed by atoms with Crippen molar-refractivity contribution in [3.8, 4) is 11.5 Å². The monoisotopic (exact) mass is 260 g/mol. The second-order valence-electron chi connectivity index (χ2n) is 4.73. The Hall–Kier alpha value is -2.75. The predicted molar refractivity (Wildman–Crippen MR) is 79.2 cm³/mol. The molecule has 0 amide bonds. The van der Waals surface area contributed by atoms with E-state index in [-0.39, 0.29) is 0 Å². The summed E-state index contributed by atoms with van der Waals surface area (Å²) in [5.74, 6) is 0.837. The molecule has 4 aromatic rings. The number of hydrogen-bond acceptors (Lipinski definition) is 3. The molecule has 4 heteroatoms. The molecule has 0 aliphatic rings. The molecule has 4 nitrogen and oxygen atoms in total. The fourth-order valence-corrected chi connectivity index (χ4v) is 2.44. The molecule has 3 heterocycles. The van der Waals surface area contributed by atoms with Crippen molar-refractivity contribution >= 4 is 22.1 Å². The number of pyridine rings is 2. The van der Waals surface area contributed by atoms with Crippen LogP contribution >= 0.6 is 0 Å². The van der Waals surface area contributed by atoms with Crippen LogP contribution in [-0.4, -0.2) is 19.5 Å². The maximum atomic E-state index is 4.69. The van der Waals surface area contributed by atoms with E-state index >= 15 is 0 Å². The lowest BCUT2D eigenvalue weighted by Gasteiger charge is -2.03. The van der Waals surface area contributed by atoms with Gasteiger partial charge >= 0.3 is 0 Å². The molecule has 0 atom stereocenters. The topological polar surface area (TPSA) is 43.6 Å². The van der Waals surface area contributed by atoms with Crippen LogP contribution in [0.15, 0.2) is 54.7 Å². The van der Waals surface area contributed by atoms with Gasteiger partial charge < -0.3 is 4.57 Å². The molecule has 1 aromatic carbocycles. The van der Waals surface area contributed by atoms with Crippen LogP contribution in [0.1, 0.15) is 0 Å². The van der Waals surface area contributed by atoms with Gasteiger partial charge in [-0.3, -0.25) is 0 Å². The second-order valence-corrected chi connectivity index (χ2v) is 4.73. The lowest BCUT2D eigenvalue weighted by Crippen LogP contribution is -1.95. The smallest absolute Gasteiger partial charge is 0.160 e. The van der Waals surface area contributed by atoms with E-state index < -0.39 is 0 Å². The highest BCUT2D eigenvalue weighted by Crippen LogP contribution is 2.22. The first kappa shape index (κ1) is 11.1. The summed E-state index contributed by atoms with van der Waals surface area (Å²) in [6.45, 7) is 0. The molecule has 0 unspecified atom stereocenters. The zero-order valence-corrected chi connectivity index (χ0v) is 11.0. The summed E-state index contributed by atoms with van der Waals surface area (Å²) < 4.78 is 1.98. The van der Waals surface area contributed by atoms with Gasteiger partial charge in [-0.05, 0) is 24.3 Å². The van der Waals surface area contributed by atoms with Gasteiger partial charge in [-0.15, -0.1) is 0 Å². The Morgan fingerprint density at radius 3 is 2.60 bits per heavy atom. The number of para-hydroxylation sites is 1. The molecule has 0 saturated heterocycles. The summed E-state index contributed by atoms with van der Waals surface area (Å²) in [4.78, 5) is 13.7. The Kier molecular flexibility index (Phi) is 2.29. The summed E-state index contributed by atoms with van der Waals surface area (Å²) in [5.41, 5.74) is 3.60. The van der Waals surface area contributed by atoms with Crippen molar-refractivity contribution in [3.63, 3.8) is 0 Å². The van der Waals surface area contributed by atoms with E-state index in [1.807, 2.05) is 48.0 Å². The first-order chi connectivity index (χ1) is 9.83. The maximum Gasteiger partial charge on any atom is 0.160 e. The van der Waals surface area contributed by atoms with Gasteiger partial charge in [0.05, 0.1) is 5.52 Å². The minimum absolute atomic E-state index is 0.837. The highest BCUT2D eigenvalue weighted by molar-refractivity contribution is 5.82. The maximum absolute atomic E-state index is 4.69. The predicted octanol–water partition coefficient (Wildman–Crippen LogP) is 3.18. The molecule has 0 bridgehead atoms. The Morgan fingerprint density at radius 2 is 1.70 bits per heavy atom. The Labute approximate surface area is 115 Å². The third kappa shape index (κ3) is 1.58. The highest BCUT2D eigenvalue weighted by atomic mass is 15.1. The van der Waals surface area contributed by atoms with Gasteiger partial charge in [0, 0.05) is 18.6 Å². The molecule has 0 spiro atoms. The molecular weight excluding hydrogens is 248 g/mol. The van der Waals surface area contributed by atoms with Crippen LogP contribution in [0.5, 0.6) is 0 Å². The summed E-state index contributed by atoms with van der Waals surface area (Å²) in [5, 5.41) is 1.13. The fourth-order valence-electron chi connectivity index (χ4n) is 2.44. The van der Waals surface area contributed by atoms with Gasteiger partial charge in [-0.2, -0.15) is 0 Å². The van der Waals surface area contributed by atoms with Crippen molar-refractivity contribution in [3.05, 3.63) is 54.7 Å². The Morgan fingerprint density at radius 1 is 0.850 bits per heavy atom. The van der Waals surface area contributed by atoms with Crippen molar-refractivity contribution in [1.29, 1.82) is 0 Å². The van der Waals surface area contributed by atoms with Crippen molar-refractivity contribution in [1.82, 2.24) is 19.5 Å². The quantitative estimate of drug-likeness (QED) is 0.528. The van der Waals surface area contributed by atoms with Gasteiger partial charge in [-0.25, -0.2) is 15.0 Å². The molecule has 4 rings (SSSR count). The van der Waals surface area contributed by atoms with Crippen LogP contribution in [0.3, 0.4) is 0 Å². The summed E-state index contributed by atoms with van der Waals surface area (Å²) in [6, 6.07) is 16.0. The molecule has 0 fully saturated rings. The number of benzene rings is 1. The second kappa shape index (κ2) is 4.13. The van der Waals surface area contributed by atoms with Crippen molar-refractivity contribution in [2.45, 2.75) is 0 Å². The highest BCUT2D eigenvalue weighted by Gasteiger charge is 2.11. The molecule has 0 aliphatic heterocycles. The number of rotatable bonds is 1. The van der Waals surface area contributed by atoms with Gasteiger partial charge in [0.2, 0.25) is 0 Å². The summed E-state index contributed by atoms with van der Waals surface area (Å²) >= 11 is 0. The number of aromatic nitrogens is 4. The minimum Gasteiger partial charge on any atom is -0.311 e. The average molecular weight is 260 g/mol. The molecule has 0 N–H and O–H groups in total. The standard InChI is InChI=1S/C16H12N4/c1-20-15-13(7-4-10-17-15)19-16(20)14-9-8-11-5-2-3-6-12(11)18-14/h2-10H,1H3. The number of imidazole rings is 1.